The summed E-state index contributed by atoms with van der Waals surface area (Å²) in [7, 11) is 4.90. The molecule has 1 heterocycles. The monoisotopic (exact) mass is 434 g/mol. The number of anilines is 1. The molecule has 3 aromatic carbocycles. The van der Waals surface area contributed by atoms with Crippen LogP contribution in [0.2, 0.25) is 0 Å². The van der Waals surface area contributed by atoms with Gasteiger partial charge in [0.15, 0.2) is 11.6 Å². The molecular weight excluding hydrogens is 412 g/mol. The van der Waals surface area contributed by atoms with Crippen molar-refractivity contribution >= 4 is 17.8 Å². The van der Waals surface area contributed by atoms with Gasteiger partial charge in [-0.25, -0.2) is 0 Å². The molecule has 0 fully saturated rings. The number of hydrogen-bond donors (Lipinski definition) is 1. The second-order valence-corrected chi connectivity index (χ2v) is 7.34. The van der Waals surface area contributed by atoms with Crippen molar-refractivity contribution < 1.29 is 18.7 Å². The van der Waals surface area contributed by atoms with E-state index in [0.29, 0.717) is 28.8 Å². The van der Waals surface area contributed by atoms with E-state index in [2.05, 4.69) is 22.0 Å². The quantitative estimate of drug-likeness (QED) is 0.333. The molecule has 0 aliphatic rings. The van der Waals surface area contributed by atoms with Crippen LogP contribution in [0.15, 0.2) is 82.2 Å². The van der Waals surface area contributed by atoms with Crippen molar-refractivity contribution in [3.63, 3.8) is 0 Å². The summed E-state index contributed by atoms with van der Waals surface area (Å²) in [6.07, 6.45) is 0. The number of hydrogen-bond acceptors (Lipinski definition) is 7. The highest BCUT2D eigenvalue weighted by Crippen LogP contribution is 2.41. The van der Waals surface area contributed by atoms with Crippen molar-refractivity contribution in [1.29, 1.82) is 0 Å². The van der Waals surface area contributed by atoms with E-state index in [4.69, 9.17) is 18.7 Å². The van der Waals surface area contributed by atoms with E-state index in [1.54, 1.807) is 21.3 Å². The molecule has 4 aromatic rings. The third-order valence-electron chi connectivity index (χ3n) is 4.73. The molecule has 0 spiro atoms. The highest BCUT2D eigenvalue weighted by atomic mass is 32.2. The summed E-state index contributed by atoms with van der Waals surface area (Å²) in [6, 6.07) is 23.5. The number of benzene rings is 3. The first-order valence-corrected chi connectivity index (χ1v) is 10.4. The Morgan fingerprint density at radius 2 is 1.42 bits per heavy atom. The van der Waals surface area contributed by atoms with E-state index < -0.39 is 0 Å². The molecule has 0 aliphatic heterocycles. The average Bonchev–Trinajstić information content (AvgIpc) is 3.31. The first-order valence-electron chi connectivity index (χ1n) is 9.58. The maximum absolute atomic E-state index is 5.69. The van der Waals surface area contributed by atoms with E-state index >= 15 is 0 Å². The van der Waals surface area contributed by atoms with Crippen molar-refractivity contribution in [3.8, 4) is 39.7 Å². The standard InChI is InChI=1S/C24H22N2O4S/c1-27-18-12-7-11-17(16-9-5-4-6-10-16)23(18)21-15-22(25-30-21)26-31-24-19(28-2)13-8-14-20(24)29-3/h4-15H,1-3H3,(H,25,26). The fourth-order valence-electron chi connectivity index (χ4n) is 3.28. The predicted octanol–water partition coefficient (Wildman–Crippen LogP) is 6.15. The lowest BCUT2D eigenvalue weighted by Crippen LogP contribution is -1.94. The summed E-state index contributed by atoms with van der Waals surface area (Å²) >= 11 is 1.34. The van der Waals surface area contributed by atoms with Gasteiger partial charge in [0, 0.05) is 6.07 Å². The van der Waals surface area contributed by atoms with E-state index in [-0.39, 0.29) is 0 Å². The molecule has 0 radical (unpaired) electrons. The minimum atomic E-state index is 0.567. The maximum atomic E-state index is 5.69. The Hall–Kier alpha value is -3.58. The molecule has 0 amide bonds. The molecule has 0 aliphatic carbocycles. The third kappa shape index (κ3) is 4.32. The number of ether oxygens (including phenoxy) is 3. The van der Waals surface area contributed by atoms with Crippen molar-refractivity contribution in [3.05, 3.63) is 72.8 Å². The molecule has 0 bridgehead atoms. The lowest BCUT2D eigenvalue weighted by atomic mass is 9.97. The number of methoxy groups -OCH3 is 3. The first kappa shape index (κ1) is 20.7. The molecule has 7 heteroatoms. The molecule has 0 atom stereocenters. The van der Waals surface area contributed by atoms with Crippen LogP contribution in [0.25, 0.3) is 22.5 Å². The third-order valence-corrected chi connectivity index (χ3v) is 5.65. The van der Waals surface area contributed by atoms with Gasteiger partial charge in [-0.1, -0.05) is 53.7 Å². The normalized spacial score (nSPS) is 10.5. The van der Waals surface area contributed by atoms with Gasteiger partial charge in [-0.15, -0.1) is 0 Å². The first-order chi connectivity index (χ1) is 15.2. The van der Waals surface area contributed by atoms with Gasteiger partial charge in [-0.05, 0) is 41.3 Å². The van der Waals surface area contributed by atoms with Crippen molar-refractivity contribution in [2.24, 2.45) is 0 Å². The molecule has 0 saturated carbocycles. The van der Waals surface area contributed by atoms with Gasteiger partial charge in [0.25, 0.3) is 0 Å². The predicted molar refractivity (Wildman–Crippen MR) is 123 cm³/mol. The average molecular weight is 435 g/mol. The Morgan fingerprint density at radius 1 is 0.774 bits per heavy atom. The summed E-state index contributed by atoms with van der Waals surface area (Å²) in [5.74, 6) is 3.29. The molecule has 6 nitrogen and oxygen atoms in total. The minimum absolute atomic E-state index is 0.567. The summed E-state index contributed by atoms with van der Waals surface area (Å²) in [5.41, 5.74) is 2.91. The molecule has 1 N–H and O–H groups in total. The molecule has 31 heavy (non-hydrogen) atoms. The van der Waals surface area contributed by atoms with Crippen molar-refractivity contribution in [2.75, 3.05) is 26.1 Å². The second-order valence-electron chi connectivity index (χ2n) is 6.52. The van der Waals surface area contributed by atoms with E-state index in [1.807, 2.05) is 60.7 Å². The topological polar surface area (TPSA) is 65.8 Å². The van der Waals surface area contributed by atoms with Crippen LogP contribution in [-0.4, -0.2) is 26.5 Å². The van der Waals surface area contributed by atoms with Crippen LogP contribution in [0, 0.1) is 0 Å². The zero-order chi connectivity index (χ0) is 21.6. The van der Waals surface area contributed by atoms with Gasteiger partial charge >= 0.3 is 0 Å². The Balaban J connectivity index is 1.65. The van der Waals surface area contributed by atoms with Gasteiger partial charge in [0.05, 0.1) is 26.9 Å². The van der Waals surface area contributed by atoms with Crippen molar-refractivity contribution in [2.45, 2.75) is 4.90 Å². The molecule has 0 unspecified atom stereocenters. The second kappa shape index (κ2) is 9.49. The smallest absolute Gasteiger partial charge is 0.180 e. The van der Waals surface area contributed by atoms with E-state index in [9.17, 15) is 0 Å². The number of nitrogens with one attached hydrogen (secondary N) is 1. The lowest BCUT2D eigenvalue weighted by Gasteiger charge is -2.12. The van der Waals surface area contributed by atoms with Crippen LogP contribution >= 0.6 is 11.9 Å². The van der Waals surface area contributed by atoms with Crippen LogP contribution in [0.1, 0.15) is 0 Å². The summed E-state index contributed by atoms with van der Waals surface area (Å²) < 4.78 is 25.4. The van der Waals surface area contributed by atoms with E-state index in [1.165, 1.54) is 11.9 Å². The summed E-state index contributed by atoms with van der Waals surface area (Å²) in [5, 5.41) is 4.18. The summed E-state index contributed by atoms with van der Waals surface area (Å²) in [4.78, 5) is 0.819. The minimum Gasteiger partial charge on any atom is -0.496 e. The highest BCUT2D eigenvalue weighted by molar-refractivity contribution is 8.00. The van der Waals surface area contributed by atoms with Gasteiger partial charge in [-0.2, -0.15) is 0 Å². The number of nitrogens with zero attached hydrogens (tertiary/aromatic N) is 1. The fraction of sp³-hybridized carbons (Fsp3) is 0.125. The highest BCUT2D eigenvalue weighted by Gasteiger charge is 2.18. The number of aromatic nitrogens is 1. The molecular formula is C24H22N2O4S. The Kier molecular flexibility index (Phi) is 6.33. The Labute approximate surface area is 185 Å². The van der Waals surface area contributed by atoms with Crippen molar-refractivity contribution in [1.82, 2.24) is 5.16 Å². The molecule has 158 valence electrons. The zero-order valence-corrected chi connectivity index (χ0v) is 18.2. The lowest BCUT2D eigenvalue weighted by molar-refractivity contribution is 0.376. The van der Waals surface area contributed by atoms with Crippen LogP contribution < -0.4 is 18.9 Å². The van der Waals surface area contributed by atoms with Gasteiger partial charge in [-0.3, -0.25) is 0 Å². The van der Waals surface area contributed by atoms with Gasteiger partial charge in [0.2, 0.25) is 0 Å². The molecule has 4 rings (SSSR count). The fourth-order valence-corrected chi connectivity index (χ4v) is 4.08. The molecule has 0 saturated heterocycles. The van der Waals surface area contributed by atoms with Crippen LogP contribution in [0.3, 0.4) is 0 Å². The van der Waals surface area contributed by atoms with Crippen LogP contribution in [0.5, 0.6) is 17.2 Å². The molecule has 1 aromatic heterocycles. The SMILES string of the molecule is COc1cccc(OC)c1SNc1cc(-c2c(OC)cccc2-c2ccccc2)on1. The van der Waals surface area contributed by atoms with Crippen LogP contribution in [0.4, 0.5) is 5.82 Å². The van der Waals surface area contributed by atoms with Crippen LogP contribution in [-0.2, 0) is 0 Å². The Bertz CT molecular complexity index is 1140. The summed E-state index contributed by atoms with van der Waals surface area (Å²) in [6.45, 7) is 0. The van der Waals surface area contributed by atoms with Gasteiger partial charge < -0.3 is 23.5 Å². The Morgan fingerprint density at radius 3 is 2.10 bits per heavy atom. The van der Waals surface area contributed by atoms with E-state index in [0.717, 1.165) is 21.6 Å². The largest absolute Gasteiger partial charge is 0.496 e. The number of rotatable bonds is 8. The zero-order valence-electron chi connectivity index (χ0n) is 17.4. The maximum Gasteiger partial charge on any atom is 0.180 e. The van der Waals surface area contributed by atoms with Gasteiger partial charge in [0.1, 0.15) is 22.1 Å².